The number of rotatable bonds is 3. The van der Waals surface area contributed by atoms with Gasteiger partial charge in [0.2, 0.25) is 0 Å². The van der Waals surface area contributed by atoms with E-state index < -0.39 is 4.92 Å². The van der Waals surface area contributed by atoms with Crippen LogP contribution >= 0.6 is 38.5 Å². The molecule has 0 aliphatic heterocycles. The lowest BCUT2D eigenvalue weighted by Gasteiger charge is -2.10. The second kappa shape index (κ2) is 6.52. The fourth-order valence-corrected chi connectivity index (χ4v) is 2.81. The van der Waals surface area contributed by atoms with E-state index in [4.69, 9.17) is 0 Å². The third kappa shape index (κ3) is 3.79. The number of hydrogen-bond donors (Lipinski definition) is 1. The number of carbonyl (C=O) groups excluding carboxylic acids is 1. The third-order valence-electron chi connectivity index (χ3n) is 2.84. The molecule has 2 aromatic carbocycles. The molecule has 7 heteroatoms. The molecule has 0 aliphatic rings. The number of non-ortho nitro benzene ring substituents is 1. The molecule has 0 saturated heterocycles. The Morgan fingerprint density at radius 3 is 2.62 bits per heavy atom. The molecule has 21 heavy (non-hydrogen) atoms. The highest BCUT2D eigenvalue weighted by Gasteiger charge is 2.16. The van der Waals surface area contributed by atoms with Crippen molar-refractivity contribution in [2.24, 2.45) is 0 Å². The van der Waals surface area contributed by atoms with Crippen LogP contribution in [0.1, 0.15) is 15.9 Å². The maximum Gasteiger partial charge on any atom is 0.270 e. The molecule has 0 aliphatic carbocycles. The predicted octanol–water partition coefficient (Wildman–Crippen LogP) is 4.52. The fourth-order valence-electron chi connectivity index (χ4n) is 1.76. The first-order chi connectivity index (χ1) is 9.88. The van der Waals surface area contributed by atoms with Crippen molar-refractivity contribution in [3.8, 4) is 0 Å². The number of nitrogens with one attached hydrogen (secondary N) is 1. The molecule has 1 N–H and O–H groups in total. The molecule has 0 atom stereocenters. The van der Waals surface area contributed by atoms with Crippen molar-refractivity contribution in [3.63, 3.8) is 0 Å². The Hall–Kier alpha value is -1.48. The van der Waals surface area contributed by atoms with Gasteiger partial charge in [-0.15, -0.1) is 0 Å². The van der Waals surface area contributed by atoms with Crippen molar-refractivity contribution in [3.05, 3.63) is 65.7 Å². The average Bonchev–Trinajstić information content (AvgIpc) is 2.42. The molecule has 0 saturated carbocycles. The van der Waals surface area contributed by atoms with Crippen LogP contribution in [0.5, 0.6) is 0 Å². The Kier molecular flexibility index (Phi) is 4.94. The minimum atomic E-state index is -0.516. The summed E-state index contributed by atoms with van der Waals surface area (Å²) in [6.45, 7) is 1.87. The van der Waals surface area contributed by atoms with Gasteiger partial charge in [-0.05, 0) is 59.3 Å². The first kappa shape index (κ1) is 15.9. The van der Waals surface area contributed by atoms with Gasteiger partial charge < -0.3 is 5.32 Å². The zero-order valence-electron chi connectivity index (χ0n) is 10.9. The first-order valence-electron chi connectivity index (χ1n) is 5.90. The molecular formula is C14H10BrIN2O3. The number of nitro benzene ring substituents is 1. The van der Waals surface area contributed by atoms with Crippen LogP contribution in [0.3, 0.4) is 0 Å². The van der Waals surface area contributed by atoms with Crippen molar-refractivity contribution in [2.45, 2.75) is 6.92 Å². The quantitative estimate of drug-likeness (QED) is 0.415. The number of nitro groups is 1. The van der Waals surface area contributed by atoms with Crippen molar-refractivity contribution < 1.29 is 9.72 Å². The van der Waals surface area contributed by atoms with Gasteiger partial charge in [0.05, 0.1) is 10.5 Å². The number of carbonyl (C=O) groups is 1. The SMILES string of the molecule is Cc1cc(Br)ccc1NC(=O)c1cc([N+](=O)[O-])ccc1I. The summed E-state index contributed by atoms with van der Waals surface area (Å²) in [5.41, 5.74) is 1.75. The number of amides is 1. The molecule has 2 rings (SSSR count). The van der Waals surface area contributed by atoms with Crippen molar-refractivity contribution in [1.29, 1.82) is 0 Å². The minimum Gasteiger partial charge on any atom is -0.322 e. The van der Waals surface area contributed by atoms with E-state index in [2.05, 4.69) is 21.2 Å². The summed E-state index contributed by atoms with van der Waals surface area (Å²) in [6.07, 6.45) is 0. The molecule has 0 fully saturated rings. The maximum atomic E-state index is 12.3. The molecule has 0 bridgehead atoms. The van der Waals surface area contributed by atoms with Gasteiger partial charge in [0.25, 0.3) is 11.6 Å². The zero-order valence-corrected chi connectivity index (χ0v) is 14.6. The lowest BCUT2D eigenvalue weighted by Crippen LogP contribution is -2.14. The van der Waals surface area contributed by atoms with Gasteiger partial charge in [-0.1, -0.05) is 15.9 Å². The van der Waals surface area contributed by atoms with Gasteiger partial charge in [-0.3, -0.25) is 14.9 Å². The molecule has 0 heterocycles. The van der Waals surface area contributed by atoms with Crippen molar-refractivity contribution in [2.75, 3.05) is 5.32 Å². The highest BCUT2D eigenvalue weighted by atomic mass is 127. The van der Waals surface area contributed by atoms with Crippen LogP contribution in [0.25, 0.3) is 0 Å². The molecule has 2 aromatic rings. The summed E-state index contributed by atoms with van der Waals surface area (Å²) in [6, 6.07) is 9.70. The molecular weight excluding hydrogens is 451 g/mol. The topological polar surface area (TPSA) is 72.2 Å². The summed E-state index contributed by atoms with van der Waals surface area (Å²) in [5.74, 6) is -0.367. The van der Waals surface area contributed by atoms with Gasteiger partial charge in [0, 0.05) is 25.9 Å². The van der Waals surface area contributed by atoms with Crippen molar-refractivity contribution >= 4 is 55.8 Å². The van der Waals surface area contributed by atoms with Crippen LogP contribution in [0.2, 0.25) is 0 Å². The van der Waals surface area contributed by atoms with Gasteiger partial charge in [0.1, 0.15) is 0 Å². The summed E-state index contributed by atoms with van der Waals surface area (Å²) in [5, 5.41) is 13.6. The highest BCUT2D eigenvalue weighted by molar-refractivity contribution is 14.1. The second-order valence-corrected chi connectivity index (χ2v) is 6.41. The van der Waals surface area contributed by atoms with Crippen LogP contribution in [0.4, 0.5) is 11.4 Å². The van der Waals surface area contributed by atoms with Crippen molar-refractivity contribution in [1.82, 2.24) is 0 Å². The maximum absolute atomic E-state index is 12.3. The number of aryl methyl sites for hydroxylation is 1. The van der Waals surface area contributed by atoms with E-state index in [9.17, 15) is 14.9 Å². The van der Waals surface area contributed by atoms with E-state index in [0.29, 0.717) is 9.26 Å². The summed E-state index contributed by atoms with van der Waals surface area (Å²) in [4.78, 5) is 22.6. The molecule has 5 nitrogen and oxygen atoms in total. The summed E-state index contributed by atoms with van der Waals surface area (Å²) >= 11 is 5.34. The number of halogens is 2. The van der Waals surface area contributed by atoms with Crippen LogP contribution in [0.15, 0.2) is 40.9 Å². The molecule has 0 radical (unpaired) electrons. The Morgan fingerprint density at radius 2 is 2.00 bits per heavy atom. The third-order valence-corrected chi connectivity index (χ3v) is 4.28. The Labute approximate surface area is 143 Å². The Bertz CT molecular complexity index is 734. The van der Waals surface area contributed by atoms with Gasteiger partial charge in [-0.25, -0.2) is 0 Å². The molecule has 0 unspecified atom stereocenters. The van der Waals surface area contributed by atoms with E-state index >= 15 is 0 Å². The molecule has 1 amide bonds. The molecule has 0 aromatic heterocycles. The lowest BCUT2D eigenvalue weighted by atomic mass is 10.1. The van der Waals surface area contributed by atoms with Gasteiger partial charge in [0.15, 0.2) is 0 Å². The number of benzene rings is 2. The normalized spacial score (nSPS) is 10.2. The van der Waals surface area contributed by atoms with E-state index in [1.807, 2.05) is 41.6 Å². The average molecular weight is 461 g/mol. The molecule has 0 spiro atoms. The van der Waals surface area contributed by atoms with Crippen LogP contribution < -0.4 is 5.32 Å². The van der Waals surface area contributed by atoms with Crippen LogP contribution in [-0.2, 0) is 0 Å². The fraction of sp³-hybridized carbons (Fsp3) is 0.0714. The number of hydrogen-bond acceptors (Lipinski definition) is 3. The van der Waals surface area contributed by atoms with Gasteiger partial charge >= 0.3 is 0 Å². The minimum absolute atomic E-state index is 0.104. The highest BCUT2D eigenvalue weighted by Crippen LogP contribution is 2.23. The monoisotopic (exact) mass is 460 g/mol. The lowest BCUT2D eigenvalue weighted by molar-refractivity contribution is -0.384. The Balaban J connectivity index is 2.32. The number of anilines is 1. The van der Waals surface area contributed by atoms with Crippen LogP contribution in [-0.4, -0.2) is 10.8 Å². The Morgan fingerprint density at radius 1 is 1.29 bits per heavy atom. The summed E-state index contributed by atoms with van der Waals surface area (Å²) in [7, 11) is 0. The van der Waals surface area contributed by atoms with E-state index in [0.717, 1.165) is 10.0 Å². The van der Waals surface area contributed by atoms with E-state index in [1.165, 1.54) is 12.1 Å². The standard InChI is InChI=1S/C14H10BrIN2O3/c1-8-6-9(15)2-5-13(8)17-14(19)11-7-10(18(20)21)3-4-12(11)16/h2-7H,1H3,(H,17,19). The van der Waals surface area contributed by atoms with Gasteiger partial charge in [-0.2, -0.15) is 0 Å². The smallest absolute Gasteiger partial charge is 0.270 e. The van der Waals surface area contributed by atoms with E-state index in [1.54, 1.807) is 12.1 Å². The zero-order chi connectivity index (χ0) is 15.6. The second-order valence-electron chi connectivity index (χ2n) is 4.33. The first-order valence-corrected chi connectivity index (χ1v) is 7.77. The number of nitrogens with zero attached hydrogens (tertiary/aromatic N) is 1. The predicted molar refractivity (Wildman–Crippen MR) is 92.6 cm³/mol. The largest absolute Gasteiger partial charge is 0.322 e. The van der Waals surface area contributed by atoms with Crippen LogP contribution in [0, 0.1) is 20.6 Å². The summed E-state index contributed by atoms with van der Waals surface area (Å²) < 4.78 is 1.58. The van der Waals surface area contributed by atoms with E-state index in [-0.39, 0.29) is 17.2 Å². The molecule has 108 valence electrons.